The van der Waals surface area contributed by atoms with E-state index in [1.165, 1.54) is 0 Å². The fourth-order valence-corrected chi connectivity index (χ4v) is 4.06. The summed E-state index contributed by atoms with van der Waals surface area (Å²) >= 11 is 0. The highest BCUT2D eigenvalue weighted by atomic mass is 16.6. The third kappa shape index (κ3) is 4.27. The molecule has 30 heavy (non-hydrogen) atoms. The Morgan fingerprint density at radius 3 is 2.73 bits per heavy atom. The summed E-state index contributed by atoms with van der Waals surface area (Å²) in [5.41, 5.74) is 2.39. The number of ketones is 1. The number of carbonyl (C=O) groups is 2. The van der Waals surface area contributed by atoms with E-state index in [9.17, 15) is 9.59 Å². The van der Waals surface area contributed by atoms with Crippen LogP contribution in [0.2, 0.25) is 0 Å². The Hall–Kier alpha value is -3.02. The smallest absolute Gasteiger partial charge is 0.309 e. The van der Waals surface area contributed by atoms with E-state index in [1.54, 1.807) is 0 Å². The molecule has 2 aliphatic rings. The maximum absolute atomic E-state index is 12.7. The third-order valence-corrected chi connectivity index (χ3v) is 5.78. The summed E-state index contributed by atoms with van der Waals surface area (Å²) in [5.74, 6) is 0.882. The monoisotopic (exact) mass is 409 g/mol. The van der Waals surface area contributed by atoms with Crippen LogP contribution in [0.25, 0.3) is 0 Å². The van der Waals surface area contributed by atoms with Gasteiger partial charge in [-0.05, 0) is 51.3 Å². The van der Waals surface area contributed by atoms with Gasteiger partial charge in [-0.25, -0.2) is 0 Å². The van der Waals surface area contributed by atoms with Gasteiger partial charge in [-0.3, -0.25) is 9.59 Å². The van der Waals surface area contributed by atoms with Crippen molar-refractivity contribution in [1.82, 2.24) is 4.57 Å². The van der Waals surface area contributed by atoms with Gasteiger partial charge in [-0.15, -0.1) is 0 Å². The Morgan fingerprint density at radius 2 is 1.97 bits per heavy atom. The van der Waals surface area contributed by atoms with E-state index in [0.29, 0.717) is 25.1 Å². The minimum absolute atomic E-state index is 0.137. The molecule has 6 heteroatoms. The molecule has 158 valence electrons. The molecule has 2 unspecified atom stereocenters. The zero-order valence-electron chi connectivity index (χ0n) is 17.4. The van der Waals surface area contributed by atoms with Gasteiger partial charge in [0.2, 0.25) is 5.78 Å². The number of rotatable bonds is 6. The SMILES string of the molecule is Cc1cc(C(=O)COC(=O)C2CC=CCC2)c(C)n1CC1COc2ccccc2O1. The molecule has 0 fully saturated rings. The van der Waals surface area contributed by atoms with Crippen LogP contribution in [-0.2, 0) is 16.1 Å². The molecule has 2 heterocycles. The highest BCUT2D eigenvalue weighted by Gasteiger charge is 2.25. The van der Waals surface area contributed by atoms with Crippen LogP contribution in [0.3, 0.4) is 0 Å². The second-order valence-electron chi connectivity index (χ2n) is 7.91. The quantitative estimate of drug-likeness (QED) is 0.409. The number of nitrogens with zero attached hydrogens (tertiary/aromatic N) is 1. The first kappa shape index (κ1) is 20.3. The molecule has 2 aromatic rings. The average Bonchev–Trinajstić information content (AvgIpc) is 3.06. The molecule has 1 aliphatic heterocycles. The normalized spacial score (nSPS) is 20.1. The number of carbonyl (C=O) groups excluding carboxylic acids is 2. The molecule has 4 rings (SSSR count). The van der Waals surface area contributed by atoms with E-state index in [2.05, 4.69) is 10.6 Å². The van der Waals surface area contributed by atoms with Crippen LogP contribution in [0.4, 0.5) is 0 Å². The van der Waals surface area contributed by atoms with Gasteiger partial charge in [0.1, 0.15) is 6.61 Å². The number of aromatic nitrogens is 1. The number of fused-ring (bicyclic) bond motifs is 1. The molecular weight excluding hydrogens is 382 g/mol. The Morgan fingerprint density at radius 1 is 1.17 bits per heavy atom. The van der Waals surface area contributed by atoms with Crippen LogP contribution in [0.1, 0.15) is 41.0 Å². The summed E-state index contributed by atoms with van der Waals surface area (Å²) in [4.78, 5) is 24.9. The predicted molar refractivity (Wildman–Crippen MR) is 112 cm³/mol. The standard InChI is InChI=1S/C24H27NO5/c1-16-12-20(21(26)15-29-24(27)18-8-4-3-5-9-18)17(2)25(16)13-19-14-28-22-10-6-7-11-23(22)30-19/h3-4,6-7,10-12,18-19H,5,8-9,13-15H2,1-2H3. The Labute approximate surface area is 176 Å². The van der Waals surface area contributed by atoms with Crippen molar-refractivity contribution in [3.8, 4) is 11.5 Å². The summed E-state index contributed by atoms with van der Waals surface area (Å²) < 4.78 is 19.2. The van der Waals surface area contributed by atoms with Crippen molar-refractivity contribution in [3.63, 3.8) is 0 Å². The molecule has 6 nitrogen and oxygen atoms in total. The van der Waals surface area contributed by atoms with Crippen molar-refractivity contribution in [2.75, 3.05) is 13.2 Å². The summed E-state index contributed by atoms with van der Waals surface area (Å²) in [6, 6.07) is 9.46. The Bertz CT molecular complexity index is 974. The molecule has 0 saturated carbocycles. The molecule has 1 aliphatic carbocycles. The van der Waals surface area contributed by atoms with Gasteiger partial charge in [0.05, 0.1) is 12.5 Å². The van der Waals surface area contributed by atoms with Crippen molar-refractivity contribution in [2.24, 2.45) is 5.92 Å². The second-order valence-corrected chi connectivity index (χ2v) is 7.91. The summed E-state index contributed by atoms with van der Waals surface area (Å²) in [7, 11) is 0. The van der Waals surface area contributed by atoms with Crippen LogP contribution in [-0.4, -0.2) is 35.6 Å². The van der Waals surface area contributed by atoms with Crippen LogP contribution >= 0.6 is 0 Å². The fourth-order valence-electron chi connectivity index (χ4n) is 4.06. The highest BCUT2D eigenvalue weighted by molar-refractivity contribution is 5.99. The summed E-state index contributed by atoms with van der Waals surface area (Å²) in [5, 5.41) is 0. The number of para-hydroxylation sites is 2. The predicted octanol–water partition coefficient (Wildman–Crippen LogP) is 4.03. The maximum atomic E-state index is 12.7. The maximum Gasteiger partial charge on any atom is 0.309 e. The van der Waals surface area contributed by atoms with E-state index in [1.807, 2.05) is 50.3 Å². The van der Waals surface area contributed by atoms with Gasteiger partial charge in [-0.1, -0.05) is 24.3 Å². The number of allylic oxidation sites excluding steroid dienone is 2. The number of aryl methyl sites for hydroxylation is 1. The number of hydrogen-bond donors (Lipinski definition) is 0. The molecule has 1 aromatic heterocycles. The lowest BCUT2D eigenvalue weighted by atomic mass is 9.95. The molecular formula is C24H27NO5. The molecule has 0 spiro atoms. The van der Waals surface area contributed by atoms with Gasteiger partial charge in [0.15, 0.2) is 24.2 Å². The summed E-state index contributed by atoms with van der Waals surface area (Å²) in [6.07, 6.45) is 6.28. The first-order valence-electron chi connectivity index (χ1n) is 10.4. The van der Waals surface area contributed by atoms with E-state index < -0.39 is 0 Å². The van der Waals surface area contributed by atoms with Gasteiger partial charge in [0, 0.05) is 17.0 Å². The molecule has 2 atom stereocenters. The van der Waals surface area contributed by atoms with Gasteiger partial charge in [-0.2, -0.15) is 0 Å². The van der Waals surface area contributed by atoms with Crippen molar-refractivity contribution < 1.29 is 23.8 Å². The van der Waals surface area contributed by atoms with E-state index in [-0.39, 0.29) is 30.4 Å². The molecule has 0 N–H and O–H groups in total. The molecule has 0 saturated heterocycles. The number of benzene rings is 1. The van der Waals surface area contributed by atoms with E-state index in [0.717, 1.165) is 35.7 Å². The van der Waals surface area contributed by atoms with Crippen LogP contribution in [0.5, 0.6) is 11.5 Å². The Kier molecular flexibility index (Phi) is 5.93. The van der Waals surface area contributed by atoms with Crippen molar-refractivity contribution in [3.05, 3.63) is 59.4 Å². The lowest BCUT2D eigenvalue weighted by Crippen LogP contribution is -2.33. The van der Waals surface area contributed by atoms with Crippen molar-refractivity contribution in [2.45, 2.75) is 45.8 Å². The van der Waals surface area contributed by atoms with Crippen LogP contribution < -0.4 is 9.47 Å². The Balaban J connectivity index is 1.39. The molecule has 0 bridgehead atoms. The highest BCUT2D eigenvalue weighted by Crippen LogP contribution is 2.31. The van der Waals surface area contributed by atoms with Crippen molar-refractivity contribution in [1.29, 1.82) is 0 Å². The third-order valence-electron chi connectivity index (χ3n) is 5.78. The minimum atomic E-state index is -0.284. The van der Waals surface area contributed by atoms with Crippen LogP contribution in [0, 0.1) is 19.8 Å². The number of hydrogen-bond acceptors (Lipinski definition) is 5. The molecule has 0 radical (unpaired) electrons. The van der Waals surface area contributed by atoms with E-state index in [4.69, 9.17) is 14.2 Å². The zero-order chi connectivity index (χ0) is 21.1. The summed E-state index contributed by atoms with van der Waals surface area (Å²) in [6.45, 7) is 4.67. The van der Waals surface area contributed by atoms with E-state index >= 15 is 0 Å². The largest absolute Gasteiger partial charge is 0.486 e. The van der Waals surface area contributed by atoms with Gasteiger partial charge < -0.3 is 18.8 Å². The average molecular weight is 409 g/mol. The van der Waals surface area contributed by atoms with Gasteiger partial charge in [0.25, 0.3) is 0 Å². The lowest BCUT2D eigenvalue weighted by Gasteiger charge is -2.27. The molecule has 0 amide bonds. The topological polar surface area (TPSA) is 66.8 Å². The van der Waals surface area contributed by atoms with Gasteiger partial charge >= 0.3 is 5.97 Å². The number of ether oxygens (including phenoxy) is 3. The lowest BCUT2D eigenvalue weighted by molar-refractivity contribution is -0.147. The first-order valence-corrected chi connectivity index (χ1v) is 10.4. The van der Waals surface area contributed by atoms with Crippen molar-refractivity contribution >= 4 is 11.8 Å². The van der Waals surface area contributed by atoms with Crippen LogP contribution in [0.15, 0.2) is 42.5 Å². The molecule has 1 aromatic carbocycles. The number of Topliss-reactive ketones (excluding diaryl/α,β-unsaturated/α-hetero) is 1. The zero-order valence-corrected chi connectivity index (χ0v) is 17.4. The second kappa shape index (κ2) is 8.78. The first-order chi connectivity index (χ1) is 14.5. The minimum Gasteiger partial charge on any atom is -0.486 e. The fraction of sp³-hybridized carbons (Fsp3) is 0.417. The number of esters is 1.